The molecule has 2 aromatic heterocycles. The first kappa shape index (κ1) is 9.76. The van der Waals surface area contributed by atoms with E-state index >= 15 is 0 Å². The first-order valence-corrected chi connectivity index (χ1v) is 5.53. The molecule has 0 unspecified atom stereocenters. The summed E-state index contributed by atoms with van der Waals surface area (Å²) in [7, 11) is 0. The highest BCUT2D eigenvalue weighted by molar-refractivity contribution is 14.1. The van der Waals surface area contributed by atoms with Crippen molar-refractivity contribution in [2.45, 2.75) is 19.8 Å². The molecule has 0 saturated heterocycles. The van der Waals surface area contributed by atoms with Gasteiger partial charge in [-0.2, -0.15) is 0 Å². The largest absolute Gasteiger partial charge is 0.250 e. The van der Waals surface area contributed by atoms with Gasteiger partial charge in [-0.3, -0.25) is 0 Å². The van der Waals surface area contributed by atoms with Gasteiger partial charge in [-0.05, 0) is 34.6 Å². The van der Waals surface area contributed by atoms with Gasteiger partial charge in [-0.1, -0.05) is 13.8 Å². The molecule has 0 atom stereocenters. The quantitative estimate of drug-likeness (QED) is 0.760. The summed E-state index contributed by atoms with van der Waals surface area (Å²) in [5, 5.41) is 0. The van der Waals surface area contributed by atoms with Gasteiger partial charge in [0.05, 0.1) is 5.69 Å². The van der Waals surface area contributed by atoms with E-state index in [1.54, 1.807) is 6.20 Å². The zero-order chi connectivity index (χ0) is 10.1. The highest BCUT2D eigenvalue weighted by atomic mass is 127. The molecule has 4 heteroatoms. The number of hydrogen-bond acceptors (Lipinski definition) is 3. The van der Waals surface area contributed by atoms with Gasteiger partial charge in [0.1, 0.15) is 5.52 Å². The van der Waals surface area contributed by atoms with Gasteiger partial charge in [0.15, 0.2) is 5.65 Å². The normalized spacial score (nSPS) is 11.1. The fourth-order valence-corrected chi connectivity index (χ4v) is 1.72. The second-order valence-corrected chi connectivity index (χ2v) is 4.58. The smallest absolute Gasteiger partial charge is 0.179 e. The summed E-state index contributed by atoms with van der Waals surface area (Å²) in [5.41, 5.74) is 2.62. The van der Waals surface area contributed by atoms with E-state index < -0.39 is 0 Å². The van der Waals surface area contributed by atoms with E-state index in [1.807, 2.05) is 12.3 Å². The molecule has 0 spiro atoms. The molecule has 0 fully saturated rings. The Morgan fingerprint density at radius 3 is 2.79 bits per heavy atom. The van der Waals surface area contributed by atoms with Crippen molar-refractivity contribution in [1.82, 2.24) is 15.0 Å². The Kier molecular flexibility index (Phi) is 2.62. The van der Waals surface area contributed by atoms with E-state index in [1.165, 1.54) is 0 Å². The molecule has 0 bridgehead atoms. The molecule has 0 aliphatic carbocycles. The summed E-state index contributed by atoms with van der Waals surface area (Å²) in [6.07, 6.45) is 3.60. The number of rotatable bonds is 1. The van der Waals surface area contributed by atoms with Crippen molar-refractivity contribution >= 4 is 33.8 Å². The summed E-state index contributed by atoms with van der Waals surface area (Å²) in [4.78, 5) is 13.0. The number of halogens is 1. The number of hydrogen-bond donors (Lipinski definition) is 0. The number of nitrogens with zero attached hydrogens (tertiary/aromatic N) is 3. The molecule has 2 rings (SSSR count). The molecule has 0 saturated carbocycles. The first-order chi connectivity index (χ1) is 6.68. The topological polar surface area (TPSA) is 38.7 Å². The molecule has 0 aliphatic heterocycles. The Labute approximate surface area is 96.1 Å². The summed E-state index contributed by atoms with van der Waals surface area (Å²) in [6, 6.07) is 1.94. The second-order valence-electron chi connectivity index (χ2n) is 3.41. The van der Waals surface area contributed by atoms with E-state index in [0.717, 1.165) is 20.4 Å². The van der Waals surface area contributed by atoms with E-state index in [9.17, 15) is 0 Å². The van der Waals surface area contributed by atoms with Crippen LogP contribution in [0.4, 0.5) is 0 Å². The Balaban J connectivity index is 2.67. The standard InChI is InChI=1S/C10H10IN3/c1-6(2)8-5-13-9-7(11)3-4-12-10(9)14-8/h3-6H,1-2H3. The van der Waals surface area contributed by atoms with Crippen molar-refractivity contribution in [2.75, 3.05) is 0 Å². The van der Waals surface area contributed by atoms with Gasteiger partial charge in [0.2, 0.25) is 0 Å². The Hall–Kier alpha value is -0.780. The molecule has 72 valence electrons. The van der Waals surface area contributed by atoms with Crippen LogP contribution in [0.2, 0.25) is 0 Å². The van der Waals surface area contributed by atoms with E-state index in [0.29, 0.717) is 5.92 Å². The highest BCUT2D eigenvalue weighted by Crippen LogP contribution is 2.17. The SMILES string of the molecule is CC(C)c1cnc2c(I)ccnc2n1. The molecular formula is C10H10IN3. The minimum Gasteiger partial charge on any atom is -0.250 e. The fourth-order valence-electron chi connectivity index (χ4n) is 1.18. The van der Waals surface area contributed by atoms with Crippen LogP contribution in [0.3, 0.4) is 0 Å². The van der Waals surface area contributed by atoms with Gasteiger partial charge in [-0.15, -0.1) is 0 Å². The zero-order valence-corrected chi connectivity index (χ0v) is 10.2. The lowest BCUT2D eigenvalue weighted by atomic mass is 10.1. The first-order valence-electron chi connectivity index (χ1n) is 4.45. The van der Waals surface area contributed by atoms with Gasteiger partial charge in [-0.25, -0.2) is 15.0 Å². The highest BCUT2D eigenvalue weighted by Gasteiger charge is 2.06. The van der Waals surface area contributed by atoms with Crippen LogP contribution >= 0.6 is 22.6 Å². The Morgan fingerprint density at radius 1 is 1.29 bits per heavy atom. The number of fused-ring (bicyclic) bond motifs is 1. The maximum Gasteiger partial charge on any atom is 0.179 e. The molecule has 0 amide bonds. The van der Waals surface area contributed by atoms with Crippen molar-refractivity contribution in [3.63, 3.8) is 0 Å². The van der Waals surface area contributed by atoms with Gasteiger partial charge in [0, 0.05) is 16.0 Å². The number of aromatic nitrogens is 3. The average molecular weight is 299 g/mol. The van der Waals surface area contributed by atoms with E-state index in [-0.39, 0.29) is 0 Å². The third-order valence-corrected chi connectivity index (χ3v) is 2.88. The third kappa shape index (κ3) is 1.70. The summed E-state index contributed by atoms with van der Waals surface area (Å²) in [6.45, 7) is 4.20. The van der Waals surface area contributed by atoms with Gasteiger partial charge in [0.25, 0.3) is 0 Å². The predicted octanol–water partition coefficient (Wildman–Crippen LogP) is 2.75. The Bertz CT molecular complexity index is 468. The molecule has 2 aromatic rings. The minimum atomic E-state index is 0.395. The molecule has 2 heterocycles. The summed E-state index contributed by atoms with van der Waals surface area (Å²) in [5.74, 6) is 0.395. The monoisotopic (exact) mass is 299 g/mol. The maximum absolute atomic E-state index is 4.46. The van der Waals surface area contributed by atoms with Crippen LogP contribution in [0.1, 0.15) is 25.5 Å². The van der Waals surface area contributed by atoms with Crippen molar-refractivity contribution in [3.05, 3.63) is 27.7 Å². The molecule has 0 aliphatic rings. The second kappa shape index (κ2) is 3.76. The summed E-state index contributed by atoms with van der Waals surface area (Å²) >= 11 is 2.24. The zero-order valence-electron chi connectivity index (χ0n) is 8.03. The van der Waals surface area contributed by atoms with Crippen molar-refractivity contribution in [1.29, 1.82) is 0 Å². The summed E-state index contributed by atoms with van der Waals surface area (Å²) < 4.78 is 1.09. The third-order valence-electron chi connectivity index (χ3n) is 2.01. The van der Waals surface area contributed by atoms with Crippen molar-refractivity contribution in [3.8, 4) is 0 Å². The molecule has 3 nitrogen and oxygen atoms in total. The van der Waals surface area contributed by atoms with Crippen LogP contribution in [0.5, 0.6) is 0 Å². The number of pyridine rings is 1. The molecule has 0 N–H and O–H groups in total. The van der Waals surface area contributed by atoms with Crippen LogP contribution in [0.15, 0.2) is 18.5 Å². The van der Waals surface area contributed by atoms with Crippen LogP contribution in [0, 0.1) is 3.57 Å². The lowest BCUT2D eigenvalue weighted by Gasteiger charge is -2.04. The molecule has 0 radical (unpaired) electrons. The van der Waals surface area contributed by atoms with E-state index in [4.69, 9.17) is 0 Å². The fraction of sp³-hybridized carbons (Fsp3) is 0.300. The maximum atomic E-state index is 4.46. The predicted molar refractivity (Wildman–Crippen MR) is 64.1 cm³/mol. The average Bonchev–Trinajstić information content (AvgIpc) is 2.17. The van der Waals surface area contributed by atoms with Crippen molar-refractivity contribution < 1.29 is 0 Å². The molecule has 14 heavy (non-hydrogen) atoms. The molecule has 0 aromatic carbocycles. The minimum absolute atomic E-state index is 0.395. The molecular weight excluding hydrogens is 289 g/mol. The Morgan fingerprint density at radius 2 is 2.07 bits per heavy atom. The lowest BCUT2D eigenvalue weighted by Crippen LogP contribution is -1.97. The van der Waals surface area contributed by atoms with Crippen LogP contribution < -0.4 is 0 Å². The van der Waals surface area contributed by atoms with Crippen LogP contribution in [-0.2, 0) is 0 Å². The van der Waals surface area contributed by atoms with E-state index in [2.05, 4.69) is 51.4 Å². The van der Waals surface area contributed by atoms with Gasteiger partial charge >= 0.3 is 0 Å². The van der Waals surface area contributed by atoms with Crippen molar-refractivity contribution in [2.24, 2.45) is 0 Å². The lowest BCUT2D eigenvalue weighted by molar-refractivity contribution is 0.819. The van der Waals surface area contributed by atoms with Gasteiger partial charge < -0.3 is 0 Å². The van der Waals surface area contributed by atoms with Crippen LogP contribution in [0.25, 0.3) is 11.2 Å². The van der Waals surface area contributed by atoms with Crippen LogP contribution in [-0.4, -0.2) is 15.0 Å².